The van der Waals surface area contributed by atoms with Crippen LogP contribution in [-0.2, 0) is 9.59 Å². The molecule has 1 aliphatic heterocycles. The maximum absolute atomic E-state index is 12.3. The lowest BCUT2D eigenvalue weighted by Crippen LogP contribution is -2.36. The lowest BCUT2D eigenvalue weighted by Gasteiger charge is -2.37. The second kappa shape index (κ2) is 10.3. The summed E-state index contributed by atoms with van der Waals surface area (Å²) in [4.78, 5) is 26.4. The third-order valence-corrected chi connectivity index (χ3v) is 6.09. The second-order valence-electron chi connectivity index (χ2n) is 8.47. The predicted molar refractivity (Wildman–Crippen MR) is 127 cm³/mol. The topological polar surface area (TPSA) is 111 Å². The largest absolute Gasteiger partial charge is 0.491 e. The van der Waals surface area contributed by atoms with E-state index in [1.165, 1.54) is 0 Å². The summed E-state index contributed by atoms with van der Waals surface area (Å²) in [6.07, 6.45) is 0. The van der Waals surface area contributed by atoms with Crippen molar-refractivity contribution in [2.75, 3.05) is 13.2 Å². The van der Waals surface area contributed by atoms with Crippen molar-refractivity contribution in [2.45, 2.75) is 39.5 Å². The van der Waals surface area contributed by atoms with Gasteiger partial charge in [-0.2, -0.15) is 5.26 Å². The molecule has 0 radical (unpaired) electrons. The summed E-state index contributed by atoms with van der Waals surface area (Å²) < 4.78 is 6.01. The molecule has 1 heterocycles. The van der Waals surface area contributed by atoms with Crippen LogP contribution in [0.5, 0.6) is 5.75 Å². The summed E-state index contributed by atoms with van der Waals surface area (Å²) in [6.45, 7) is 8.03. The van der Waals surface area contributed by atoms with Gasteiger partial charge in [0.15, 0.2) is 0 Å². The number of hydrogen-bond acceptors (Lipinski definition) is 5. The molecule has 2 aromatic rings. The standard InChI is InChI=1S/C27H28N2O5/c1-16(2)21-10-5-6-11-22(21)34-13-12-29-17(3)23(26(30)31)25(24(18(29)4)27(32)33)20-9-7-8-19(14-20)15-28/h5-11,14,16,25H,12-13H2,1-4H3,(H,30,31)(H,32,33). The van der Waals surface area contributed by atoms with Crippen molar-refractivity contribution in [3.63, 3.8) is 0 Å². The van der Waals surface area contributed by atoms with E-state index >= 15 is 0 Å². The Morgan fingerprint density at radius 1 is 1.03 bits per heavy atom. The normalized spacial score (nSPS) is 14.4. The Bertz CT molecular complexity index is 1180. The highest BCUT2D eigenvalue weighted by Crippen LogP contribution is 2.42. The van der Waals surface area contributed by atoms with Crippen LogP contribution >= 0.6 is 0 Å². The molecule has 0 saturated heterocycles. The van der Waals surface area contributed by atoms with E-state index in [2.05, 4.69) is 13.8 Å². The Morgan fingerprint density at radius 3 is 2.21 bits per heavy atom. The maximum atomic E-state index is 12.3. The minimum atomic E-state index is -1.20. The molecule has 0 aliphatic carbocycles. The van der Waals surface area contributed by atoms with Crippen molar-refractivity contribution < 1.29 is 24.5 Å². The van der Waals surface area contributed by atoms with Crippen molar-refractivity contribution in [1.29, 1.82) is 5.26 Å². The molecule has 0 amide bonds. The highest BCUT2D eigenvalue weighted by Gasteiger charge is 2.39. The molecule has 176 valence electrons. The SMILES string of the molecule is CC1=C(C(=O)O)C(c2cccc(C#N)c2)C(C(=O)O)=C(C)N1CCOc1ccccc1C(C)C. The molecule has 0 unspecified atom stereocenters. The van der Waals surface area contributed by atoms with Crippen molar-refractivity contribution in [2.24, 2.45) is 0 Å². The van der Waals surface area contributed by atoms with Gasteiger partial charge in [0, 0.05) is 11.4 Å². The number of nitriles is 1. The number of allylic oxidation sites excluding steroid dienone is 2. The summed E-state index contributed by atoms with van der Waals surface area (Å²) in [5.41, 5.74) is 2.69. The zero-order valence-electron chi connectivity index (χ0n) is 19.7. The molecule has 0 aromatic heterocycles. The summed E-state index contributed by atoms with van der Waals surface area (Å²) >= 11 is 0. The fourth-order valence-corrected chi connectivity index (χ4v) is 4.45. The zero-order chi connectivity index (χ0) is 25.0. The van der Waals surface area contributed by atoms with Gasteiger partial charge in [0.1, 0.15) is 12.4 Å². The van der Waals surface area contributed by atoms with Crippen LogP contribution in [0.25, 0.3) is 0 Å². The number of benzene rings is 2. The maximum Gasteiger partial charge on any atom is 0.334 e. The first-order valence-corrected chi connectivity index (χ1v) is 11.0. The number of carboxylic acids is 2. The van der Waals surface area contributed by atoms with Crippen molar-refractivity contribution in [3.8, 4) is 11.8 Å². The van der Waals surface area contributed by atoms with Crippen LogP contribution in [0.15, 0.2) is 71.1 Å². The average molecular weight is 461 g/mol. The fraction of sp³-hybridized carbons (Fsp3) is 0.296. The highest BCUT2D eigenvalue weighted by atomic mass is 16.5. The van der Waals surface area contributed by atoms with Crippen molar-refractivity contribution >= 4 is 11.9 Å². The molecular weight excluding hydrogens is 432 g/mol. The van der Waals surface area contributed by atoms with Gasteiger partial charge in [-0.05, 0) is 49.1 Å². The molecule has 0 fully saturated rings. The number of aliphatic carboxylic acids is 2. The van der Waals surface area contributed by atoms with Gasteiger partial charge in [0.2, 0.25) is 0 Å². The fourth-order valence-electron chi connectivity index (χ4n) is 4.45. The lowest BCUT2D eigenvalue weighted by molar-refractivity contribution is -0.133. The van der Waals surface area contributed by atoms with E-state index in [1.54, 1.807) is 43.0 Å². The minimum Gasteiger partial charge on any atom is -0.491 e. The molecule has 0 atom stereocenters. The number of rotatable bonds is 8. The van der Waals surface area contributed by atoms with E-state index in [0.717, 1.165) is 11.3 Å². The number of nitrogens with zero attached hydrogens (tertiary/aromatic N) is 2. The molecule has 3 rings (SSSR count). The van der Waals surface area contributed by atoms with Gasteiger partial charge in [0.05, 0.1) is 35.2 Å². The van der Waals surface area contributed by atoms with Crippen LogP contribution in [0, 0.1) is 11.3 Å². The van der Waals surface area contributed by atoms with Crippen molar-refractivity contribution in [3.05, 3.63) is 87.8 Å². The Balaban J connectivity index is 1.99. The second-order valence-corrected chi connectivity index (χ2v) is 8.47. The van der Waals surface area contributed by atoms with Gasteiger partial charge in [0.25, 0.3) is 0 Å². The molecule has 0 saturated carbocycles. The summed E-state index contributed by atoms with van der Waals surface area (Å²) in [6, 6.07) is 16.2. The van der Waals surface area contributed by atoms with Crippen LogP contribution in [0.4, 0.5) is 0 Å². The van der Waals surface area contributed by atoms with Crippen LogP contribution in [0.1, 0.15) is 56.2 Å². The van der Waals surface area contributed by atoms with Crippen LogP contribution in [-0.4, -0.2) is 40.2 Å². The predicted octanol–water partition coefficient (Wildman–Crippen LogP) is 4.88. The van der Waals surface area contributed by atoms with E-state index in [0.29, 0.717) is 22.5 Å². The Hall–Kier alpha value is -4.05. The van der Waals surface area contributed by atoms with Crippen LogP contribution in [0.2, 0.25) is 0 Å². The first-order valence-electron chi connectivity index (χ1n) is 11.0. The number of para-hydroxylation sites is 1. The van der Waals surface area contributed by atoms with E-state index < -0.39 is 17.9 Å². The molecule has 7 nitrogen and oxygen atoms in total. The number of hydrogen-bond donors (Lipinski definition) is 2. The quantitative estimate of drug-likeness (QED) is 0.578. The first-order chi connectivity index (χ1) is 16.2. The van der Waals surface area contributed by atoms with E-state index in [-0.39, 0.29) is 30.2 Å². The molecule has 2 N–H and O–H groups in total. The van der Waals surface area contributed by atoms with Gasteiger partial charge in [-0.3, -0.25) is 0 Å². The van der Waals surface area contributed by atoms with Gasteiger partial charge < -0.3 is 19.8 Å². The monoisotopic (exact) mass is 460 g/mol. The lowest BCUT2D eigenvalue weighted by atomic mass is 9.79. The average Bonchev–Trinajstić information content (AvgIpc) is 2.80. The van der Waals surface area contributed by atoms with Crippen LogP contribution < -0.4 is 4.74 Å². The molecule has 2 aromatic carbocycles. The molecule has 0 bridgehead atoms. The molecule has 34 heavy (non-hydrogen) atoms. The highest BCUT2D eigenvalue weighted by molar-refractivity contribution is 5.98. The van der Waals surface area contributed by atoms with E-state index in [9.17, 15) is 25.1 Å². The molecule has 7 heteroatoms. The van der Waals surface area contributed by atoms with Gasteiger partial charge >= 0.3 is 11.9 Å². The first kappa shape index (κ1) is 24.6. The molecule has 1 aliphatic rings. The summed E-state index contributed by atoms with van der Waals surface area (Å²) in [5, 5.41) is 29.4. The minimum absolute atomic E-state index is 0.0272. The smallest absolute Gasteiger partial charge is 0.334 e. The summed E-state index contributed by atoms with van der Waals surface area (Å²) in [7, 11) is 0. The molecule has 0 spiro atoms. The number of carbonyl (C=O) groups is 2. The third-order valence-electron chi connectivity index (χ3n) is 6.09. The number of ether oxygens (including phenoxy) is 1. The van der Waals surface area contributed by atoms with Gasteiger partial charge in [-0.1, -0.05) is 44.2 Å². The number of carboxylic acid groups (broad SMARTS) is 2. The Kier molecular flexibility index (Phi) is 7.42. The van der Waals surface area contributed by atoms with Gasteiger partial charge in [-0.25, -0.2) is 9.59 Å². The van der Waals surface area contributed by atoms with Crippen molar-refractivity contribution in [1.82, 2.24) is 4.90 Å². The Morgan fingerprint density at radius 2 is 1.65 bits per heavy atom. The van der Waals surface area contributed by atoms with E-state index in [4.69, 9.17) is 4.74 Å². The summed E-state index contributed by atoms with van der Waals surface area (Å²) in [5.74, 6) is -2.38. The third kappa shape index (κ3) is 4.81. The zero-order valence-corrected chi connectivity index (χ0v) is 19.7. The molecular formula is C27H28N2O5. The van der Waals surface area contributed by atoms with Crippen LogP contribution in [0.3, 0.4) is 0 Å². The van der Waals surface area contributed by atoms with Gasteiger partial charge in [-0.15, -0.1) is 0 Å². The van der Waals surface area contributed by atoms with E-state index in [1.807, 2.05) is 30.3 Å². The Labute approximate surface area is 199 Å².